The van der Waals surface area contributed by atoms with Crippen LogP contribution < -0.4 is 0 Å². The maximum Gasteiger partial charge on any atom is 0.306 e. The summed E-state index contributed by atoms with van der Waals surface area (Å²) in [5.74, 6) is 1.46. The second kappa shape index (κ2) is 7.80. The number of allylic oxidation sites excluding steroid dienone is 2. The zero-order chi connectivity index (χ0) is 21.7. The number of carbonyl (C=O) groups excluding carboxylic acids is 2. The number of fused-ring (bicyclic) bond motifs is 5. The highest BCUT2D eigenvalue weighted by Crippen LogP contribution is 2.66. The van der Waals surface area contributed by atoms with Crippen molar-refractivity contribution in [2.75, 3.05) is 0 Å². The fourth-order valence-electron chi connectivity index (χ4n) is 7.89. The minimum absolute atomic E-state index is 0.0375. The monoisotopic (exact) mass is 416 g/mol. The van der Waals surface area contributed by atoms with Crippen molar-refractivity contribution in [3.05, 3.63) is 11.6 Å². The van der Waals surface area contributed by atoms with E-state index in [1.54, 1.807) is 6.92 Å². The highest BCUT2D eigenvalue weighted by molar-refractivity contribution is 5.95. The highest BCUT2D eigenvalue weighted by Gasteiger charge is 2.59. The summed E-state index contributed by atoms with van der Waals surface area (Å²) < 4.78 is 5.65. The lowest BCUT2D eigenvalue weighted by atomic mass is 9.44. The van der Waals surface area contributed by atoms with Crippen LogP contribution in [0.5, 0.6) is 0 Å². The number of hydrogen-bond acceptors (Lipinski definition) is 4. The van der Waals surface area contributed by atoms with Crippen molar-refractivity contribution < 1.29 is 24.2 Å². The normalized spacial score (nSPS) is 42.4. The van der Waals surface area contributed by atoms with E-state index in [-0.39, 0.29) is 41.5 Å². The second-order valence-electron chi connectivity index (χ2n) is 10.8. The Kier molecular flexibility index (Phi) is 5.61. The molecule has 1 N–H and O–H groups in total. The van der Waals surface area contributed by atoms with E-state index in [0.29, 0.717) is 23.7 Å². The van der Waals surface area contributed by atoms with E-state index in [1.165, 1.54) is 19.3 Å². The third-order valence-corrected chi connectivity index (χ3v) is 9.42. The minimum atomic E-state index is -0.958. The van der Waals surface area contributed by atoms with Crippen molar-refractivity contribution in [3.8, 4) is 0 Å². The SMILES string of the molecule is CC(=O)C1=CC[C@@H]2[C@@H]3CC[C@H]4C[C@@H](OC(=O)CCC(=O)O)CC[C@]4(C)[C@H]3CC[C@]12C. The van der Waals surface area contributed by atoms with E-state index in [0.717, 1.165) is 37.7 Å². The Bertz CT molecular complexity index is 770. The van der Waals surface area contributed by atoms with Crippen LogP contribution in [0.25, 0.3) is 0 Å². The van der Waals surface area contributed by atoms with Gasteiger partial charge < -0.3 is 9.84 Å². The van der Waals surface area contributed by atoms with Gasteiger partial charge in [0.2, 0.25) is 0 Å². The molecule has 7 atom stereocenters. The zero-order valence-electron chi connectivity index (χ0n) is 18.6. The van der Waals surface area contributed by atoms with Crippen LogP contribution in [-0.4, -0.2) is 28.9 Å². The summed E-state index contributed by atoms with van der Waals surface area (Å²) in [4.78, 5) is 34.9. The van der Waals surface area contributed by atoms with Gasteiger partial charge in [-0.3, -0.25) is 14.4 Å². The predicted molar refractivity (Wildman–Crippen MR) is 113 cm³/mol. The first-order valence-corrected chi connectivity index (χ1v) is 11.8. The summed E-state index contributed by atoms with van der Waals surface area (Å²) in [5.41, 5.74) is 1.43. The number of carboxylic acid groups (broad SMARTS) is 1. The molecule has 0 aromatic heterocycles. The Morgan fingerprint density at radius 2 is 1.83 bits per heavy atom. The summed E-state index contributed by atoms with van der Waals surface area (Å²) in [6.45, 7) is 6.52. The smallest absolute Gasteiger partial charge is 0.306 e. The Hall–Kier alpha value is -1.65. The van der Waals surface area contributed by atoms with Gasteiger partial charge in [-0.2, -0.15) is 0 Å². The second-order valence-corrected chi connectivity index (χ2v) is 10.8. The van der Waals surface area contributed by atoms with Gasteiger partial charge in [0.05, 0.1) is 12.8 Å². The molecule has 0 saturated heterocycles. The van der Waals surface area contributed by atoms with E-state index in [2.05, 4.69) is 19.9 Å². The lowest BCUT2D eigenvalue weighted by molar-refractivity contribution is -0.162. The topological polar surface area (TPSA) is 80.7 Å². The van der Waals surface area contributed by atoms with Crippen molar-refractivity contribution in [3.63, 3.8) is 0 Å². The maximum absolute atomic E-state index is 12.2. The number of hydrogen-bond donors (Lipinski definition) is 1. The van der Waals surface area contributed by atoms with E-state index < -0.39 is 5.97 Å². The predicted octanol–water partition coefficient (Wildman–Crippen LogP) is 4.93. The average molecular weight is 417 g/mol. The molecule has 5 heteroatoms. The zero-order valence-corrected chi connectivity index (χ0v) is 18.6. The molecule has 5 nitrogen and oxygen atoms in total. The van der Waals surface area contributed by atoms with Crippen LogP contribution in [0.15, 0.2) is 11.6 Å². The van der Waals surface area contributed by atoms with Gasteiger partial charge in [0.25, 0.3) is 0 Å². The summed E-state index contributed by atoms with van der Waals surface area (Å²) in [6, 6.07) is 0. The number of carbonyl (C=O) groups is 3. The van der Waals surface area contributed by atoms with Gasteiger partial charge in [-0.1, -0.05) is 19.9 Å². The fourth-order valence-corrected chi connectivity index (χ4v) is 7.89. The molecule has 0 aliphatic heterocycles. The van der Waals surface area contributed by atoms with Crippen LogP contribution in [0, 0.1) is 34.5 Å². The van der Waals surface area contributed by atoms with E-state index in [4.69, 9.17) is 9.84 Å². The first kappa shape index (κ1) is 21.6. The van der Waals surface area contributed by atoms with Crippen LogP contribution >= 0.6 is 0 Å². The molecule has 4 aliphatic rings. The molecule has 0 radical (unpaired) electrons. The molecule has 0 unspecified atom stereocenters. The van der Waals surface area contributed by atoms with Crippen molar-refractivity contribution in [2.45, 2.75) is 91.1 Å². The Labute approximate surface area is 179 Å². The molecule has 0 amide bonds. The van der Waals surface area contributed by atoms with Gasteiger partial charge in [-0.15, -0.1) is 0 Å². The molecule has 4 aliphatic carbocycles. The number of rotatable bonds is 5. The minimum Gasteiger partial charge on any atom is -0.481 e. The highest BCUT2D eigenvalue weighted by atomic mass is 16.5. The molecule has 0 aromatic rings. The summed E-state index contributed by atoms with van der Waals surface area (Å²) in [6.07, 6.45) is 10.6. The van der Waals surface area contributed by atoms with Gasteiger partial charge in [-0.25, -0.2) is 0 Å². The van der Waals surface area contributed by atoms with Gasteiger partial charge in [-0.05, 0) is 98.4 Å². The Balaban J connectivity index is 1.42. The summed E-state index contributed by atoms with van der Waals surface area (Å²) in [5, 5.41) is 8.77. The van der Waals surface area contributed by atoms with Crippen molar-refractivity contribution in [2.24, 2.45) is 34.5 Å². The third kappa shape index (κ3) is 3.52. The van der Waals surface area contributed by atoms with Crippen LogP contribution in [-0.2, 0) is 19.1 Å². The van der Waals surface area contributed by atoms with Crippen LogP contribution in [0.3, 0.4) is 0 Å². The number of esters is 1. The third-order valence-electron chi connectivity index (χ3n) is 9.42. The molecule has 0 bridgehead atoms. The van der Waals surface area contributed by atoms with E-state index in [1.807, 2.05) is 0 Å². The maximum atomic E-state index is 12.2. The molecule has 0 heterocycles. The fraction of sp³-hybridized carbons (Fsp3) is 0.800. The summed E-state index contributed by atoms with van der Waals surface area (Å²) in [7, 11) is 0. The molecule has 166 valence electrons. The van der Waals surface area contributed by atoms with Crippen molar-refractivity contribution >= 4 is 17.7 Å². The molecule has 0 aromatic carbocycles. The van der Waals surface area contributed by atoms with Crippen LogP contribution in [0.4, 0.5) is 0 Å². The van der Waals surface area contributed by atoms with Crippen LogP contribution in [0.2, 0.25) is 0 Å². The molecule has 3 saturated carbocycles. The number of carboxylic acids is 1. The molecular weight excluding hydrogens is 380 g/mol. The quantitative estimate of drug-likeness (QED) is 0.643. The molecular formula is C25H36O5. The number of Topliss-reactive ketones (excluding diaryl/α,β-unsaturated/α-hetero) is 1. The van der Waals surface area contributed by atoms with Crippen molar-refractivity contribution in [1.82, 2.24) is 0 Å². The van der Waals surface area contributed by atoms with Crippen molar-refractivity contribution in [1.29, 1.82) is 0 Å². The summed E-state index contributed by atoms with van der Waals surface area (Å²) >= 11 is 0. The largest absolute Gasteiger partial charge is 0.481 e. The lowest BCUT2D eigenvalue weighted by Crippen LogP contribution is -2.54. The van der Waals surface area contributed by atoms with E-state index >= 15 is 0 Å². The first-order chi connectivity index (χ1) is 14.1. The molecule has 0 spiro atoms. The standard InChI is InChI=1S/C25H36O5/c1-15(26)19-6-7-20-18-5-4-16-14-17(30-23(29)9-8-22(27)28)10-12-24(16,2)21(18)11-13-25(19,20)3/h6,16-18,20-21H,4-5,7-14H2,1-3H3,(H,27,28)/t16-,17-,18-,20+,21-,24-,25+/m0/s1. The van der Waals surface area contributed by atoms with Gasteiger partial charge in [0.1, 0.15) is 6.10 Å². The van der Waals surface area contributed by atoms with Gasteiger partial charge >= 0.3 is 11.9 Å². The van der Waals surface area contributed by atoms with Gasteiger partial charge in [0.15, 0.2) is 5.78 Å². The first-order valence-electron chi connectivity index (χ1n) is 11.8. The van der Waals surface area contributed by atoms with Crippen LogP contribution in [0.1, 0.15) is 85.0 Å². The number of ether oxygens (including phenoxy) is 1. The lowest BCUT2D eigenvalue weighted by Gasteiger charge is -2.60. The van der Waals surface area contributed by atoms with Gasteiger partial charge in [0, 0.05) is 0 Å². The number of aliphatic carboxylic acids is 1. The number of ketones is 1. The molecule has 4 rings (SSSR count). The average Bonchev–Trinajstić information content (AvgIpc) is 3.04. The molecule has 3 fully saturated rings. The Morgan fingerprint density at radius 3 is 2.53 bits per heavy atom. The molecule has 30 heavy (non-hydrogen) atoms. The van der Waals surface area contributed by atoms with E-state index in [9.17, 15) is 14.4 Å². The Morgan fingerprint density at radius 1 is 1.07 bits per heavy atom.